The van der Waals surface area contributed by atoms with Crippen LogP contribution in [-0.2, 0) is 6.54 Å². The van der Waals surface area contributed by atoms with E-state index in [4.69, 9.17) is 9.15 Å². The van der Waals surface area contributed by atoms with Crippen LogP contribution in [-0.4, -0.2) is 67.2 Å². The lowest BCUT2D eigenvalue weighted by atomic mass is 10.2. The second-order valence-electron chi connectivity index (χ2n) is 6.98. The number of carbonyl (C=O) groups is 1. The van der Waals surface area contributed by atoms with Gasteiger partial charge >= 0.3 is 6.18 Å². The molecule has 1 aromatic heterocycles. The highest BCUT2D eigenvalue weighted by Gasteiger charge is 2.28. The molecule has 1 amide bonds. The minimum Gasteiger partial charge on any atom is -0.484 e. The molecule has 168 valence electrons. The lowest BCUT2D eigenvalue weighted by molar-refractivity contribution is -0.153. The number of piperazine rings is 1. The van der Waals surface area contributed by atoms with Crippen molar-refractivity contribution >= 4 is 11.9 Å². The number of nitrogens with zero attached hydrogens (tertiary/aromatic N) is 3. The van der Waals surface area contributed by atoms with E-state index in [1.54, 1.807) is 35.2 Å². The molecule has 2 aromatic rings. The predicted molar refractivity (Wildman–Crippen MR) is 109 cm³/mol. The van der Waals surface area contributed by atoms with Gasteiger partial charge in [-0.2, -0.15) is 13.2 Å². The van der Waals surface area contributed by atoms with E-state index in [1.807, 2.05) is 6.92 Å². The number of benzene rings is 1. The standard InChI is InChI=1S/C21H25F3N4O3/c1-2-25-20(26-14-16-5-3-6-17(13-16)31-15-21(22,23)24)28-10-8-27(9-11-28)19(29)18-7-4-12-30-18/h3-7,12-13H,2,8-11,14-15H2,1H3,(H,25,26). The van der Waals surface area contributed by atoms with Gasteiger partial charge in [-0.05, 0) is 36.8 Å². The third kappa shape index (κ3) is 6.66. The second kappa shape index (κ2) is 10.2. The molecule has 1 aliphatic heterocycles. The number of carbonyl (C=O) groups excluding carboxylic acids is 1. The summed E-state index contributed by atoms with van der Waals surface area (Å²) >= 11 is 0. The first-order valence-electron chi connectivity index (χ1n) is 10.0. The summed E-state index contributed by atoms with van der Waals surface area (Å²) in [6.45, 7) is 3.85. The zero-order valence-electron chi connectivity index (χ0n) is 17.2. The Morgan fingerprint density at radius 1 is 1.16 bits per heavy atom. The van der Waals surface area contributed by atoms with Crippen LogP contribution in [0.3, 0.4) is 0 Å². The maximum absolute atomic E-state index is 12.4. The number of alkyl halides is 3. The van der Waals surface area contributed by atoms with Gasteiger partial charge in [-0.1, -0.05) is 12.1 Å². The van der Waals surface area contributed by atoms with E-state index >= 15 is 0 Å². The Bertz CT molecular complexity index is 876. The summed E-state index contributed by atoms with van der Waals surface area (Å²) < 4.78 is 47.0. The number of guanidine groups is 1. The summed E-state index contributed by atoms with van der Waals surface area (Å²) in [6.07, 6.45) is -2.91. The van der Waals surface area contributed by atoms with Gasteiger partial charge in [0, 0.05) is 32.7 Å². The largest absolute Gasteiger partial charge is 0.484 e. The lowest BCUT2D eigenvalue weighted by Crippen LogP contribution is -2.53. The maximum atomic E-state index is 12.4. The molecule has 0 unspecified atom stereocenters. The van der Waals surface area contributed by atoms with Crippen LogP contribution in [0.25, 0.3) is 0 Å². The fourth-order valence-electron chi connectivity index (χ4n) is 3.17. The molecule has 1 fully saturated rings. The number of hydrogen-bond acceptors (Lipinski definition) is 4. The van der Waals surface area contributed by atoms with Crippen LogP contribution in [0.15, 0.2) is 52.1 Å². The first-order chi connectivity index (χ1) is 14.9. The molecule has 3 rings (SSSR count). The molecule has 1 aromatic carbocycles. The van der Waals surface area contributed by atoms with Gasteiger partial charge in [0.2, 0.25) is 0 Å². The molecule has 0 bridgehead atoms. The summed E-state index contributed by atoms with van der Waals surface area (Å²) in [4.78, 5) is 20.8. The molecule has 1 aliphatic rings. The zero-order valence-corrected chi connectivity index (χ0v) is 17.2. The van der Waals surface area contributed by atoms with Gasteiger partial charge < -0.3 is 24.3 Å². The number of hydrogen-bond donors (Lipinski definition) is 1. The van der Waals surface area contributed by atoms with Crippen LogP contribution in [0, 0.1) is 0 Å². The Labute approximate surface area is 178 Å². The molecular formula is C21H25F3N4O3. The van der Waals surface area contributed by atoms with Gasteiger partial charge in [-0.3, -0.25) is 4.79 Å². The van der Waals surface area contributed by atoms with E-state index < -0.39 is 12.8 Å². The van der Waals surface area contributed by atoms with E-state index in [9.17, 15) is 18.0 Å². The lowest BCUT2D eigenvalue weighted by Gasteiger charge is -2.36. The van der Waals surface area contributed by atoms with Crippen molar-refractivity contribution in [1.29, 1.82) is 0 Å². The van der Waals surface area contributed by atoms with Crippen LogP contribution in [0.5, 0.6) is 5.75 Å². The van der Waals surface area contributed by atoms with Gasteiger partial charge in [0.15, 0.2) is 18.3 Å². The molecule has 0 radical (unpaired) electrons. The van der Waals surface area contributed by atoms with E-state index in [2.05, 4.69) is 15.2 Å². The normalized spacial score (nSPS) is 15.2. The topological polar surface area (TPSA) is 70.3 Å². The summed E-state index contributed by atoms with van der Waals surface area (Å²) in [7, 11) is 0. The van der Waals surface area contributed by atoms with Gasteiger partial charge in [0.1, 0.15) is 5.75 Å². The SMILES string of the molecule is CCNC(=NCc1cccc(OCC(F)(F)F)c1)N1CCN(C(=O)c2ccco2)CC1. The number of ether oxygens (including phenoxy) is 1. The van der Waals surface area contributed by atoms with Gasteiger partial charge in [0.25, 0.3) is 5.91 Å². The van der Waals surface area contributed by atoms with Crippen LogP contribution in [0.4, 0.5) is 13.2 Å². The van der Waals surface area contributed by atoms with Crippen LogP contribution in [0.2, 0.25) is 0 Å². The molecule has 31 heavy (non-hydrogen) atoms. The Kier molecular flexibility index (Phi) is 7.43. The number of aliphatic imine (C=N–C) groups is 1. The molecular weight excluding hydrogens is 413 g/mol. The Morgan fingerprint density at radius 3 is 2.55 bits per heavy atom. The Hall–Kier alpha value is -3.17. The maximum Gasteiger partial charge on any atom is 0.422 e. The van der Waals surface area contributed by atoms with Crippen molar-refractivity contribution in [2.75, 3.05) is 39.3 Å². The van der Waals surface area contributed by atoms with E-state index in [-0.39, 0.29) is 18.2 Å². The second-order valence-corrected chi connectivity index (χ2v) is 6.98. The smallest absolute Gasteiger partial charge is 0.422 e. The van der Waals surface area contributed by atoms with E-state index in [0.29, 0.717) is 44.4 Å². The number of rotatable bonds is 6. The first-order valence-corrected chi connectivity index (χ1v) is 10.0. The van der Waals surface area contributed by atoms with Crippen LogP contribution < -0.4 is 10.1 Å². The monoisotopic (exact) mass is 438 g/mol. The van der Waals surface area contributed by atoms with Crippen molar-refractivity contribution in [2.24, 2.45) is 4.99 Å². The average Bonchev–Trinajstić information content (AvgIpc) is 3.30. The Balaban J connectivity index is 1.59. The summed E-state index contributed by atoms with van der Waals surface area (Å²) in [5, 5.41) is 3.23. The van der Waals surface area contributed by atoms with Gasteiger partial charge in [0.05, 0.1) is 12.8 Å². The van der Waals surface area contributed by atoms with Crippen molar-refractivity contribution in [3.05, 3.63) is 54.0 Å². The number of halogens is 3. The van der Waals surface area contributed by atoms with E-state index in [0.717, 1.165) is 5.56 Å². The minimum absolute atomic E-state index is 0.137. The molecule has 2 heterocycles. The molecule has 0 aliphatic carbocycles. The first kappa shape index (κ1) is 22.5. The quantitative estimate of drug-likeness (QED) is 0.554. The number of furan rings is 1. The Morgan fingerprint density at radius 2 is 1.90 bits per heavy atom. The number of amides is 1. The fourth-order valence-corrected chi connectivity index (χ4v) is 3.17. The van der Waals surface area contributed by atoms with E-state index in [1.165, 1.54) is 12.3 Å². The van der Waals surface area contributed by atoms with Crippen molar-refractivity contribution in [1.82, 2.24) is 15.1 Å². The van der Waals surface area contributed by atoms with Crippen molar-refractivity contribution in [2.45, 2.75) is 19.6 Å². The number of nitrogens with one attached hydrogen (secondary N) is 1. The fraction of sp³-hybridized carbons (Fsp3) is 0.429. The molecule has 0 saturated carbocycles. The van der Waals surface area contributed by atoms with Crippen LogP contribution in [0.1, 0.15) is 23.0 Å². The summed E-state index contributed by atoms with van der Waals surface area (Å²) in [6, 6.07) is 9.80. The summed E-state index contributed by atoms with van der Waals surface area (Å²) in [5.41, 5.74) is 0.738. The van der Waals surface area contributed by atoms with Crippen molar-refractivity contribution in [3.63, 3.8) is 0 Å². The zero-order chi connectivity index (χ0) is 22.3. The molecule has 0 atom stereocenters. The molecule has 1 N–H and O–H groups in total. The third-order valence-corrected chi connectivity index (χ3v) is 4.65. The van der Waals surface area contributed by atoms with Gasteiger partial charge in [-0.15, -0.1) is 0 Å². The van der Waals surface area contributed by atoms with Crippen LogP contribution >= 0.6 is 0 Å². The van der Waals surface area contributed by atoms with Gasteiger partial charge in [-0.25, -0.2) is 4.99 Å². The molecule has 0 spiro atoms. The minimum atomic E-state index is -4.38. The highest BCUT2D eigenvalue weighted by atomic mass is 19.4. The summed E-state index contributed by atoms with van der Waals surface area (Å²) in [5.74, 6) is 1.03. The van der Waals surface area contributed by atoms with Crippen molar-refractivity contribution in [3.8, 4) is 5.75 Å². The molecule has 10 heteroatoms. The predicted octanol–water partition coefficient (Wildman–Crippen LogP) is 3.14. The van der Waals surface area contributed by atoms with Crippen molar-refractivity contribution < 1.29 is 27.1 Å². The highest BCUT2D eigenvalue weighted by molar-refractivity contribution is 5.91. The third-order valence-electron chi connectivity index (χ3n) is 4.65. The highest BCUT2D eigenvalue weighted by Crippen LogP contribution is 2.20. The average molecular weight is 438 g/mol. The molecule has 1 saturated heterocycles. The molecule has 7 nitrogen and oxygen atoms in total.